The van der Waals surface area contributed by atoms with Gasteiger partial charge in [-0.25, -0.2) is 4.79 Å². The van der Waals surface area contributed by atoms with Gasteiger partial charge in [-0.2, -0.15) is 13.2 Å². The number of carboxylic acid groups (broad SMARTS) is 1. The highest BCUT2D eigenvalue weighted by Crippen LogP contribution is 2.38. The Morgan fingerprint density at radius 3 is 2.52 bits per heavy atom. The van der Waals surface area contributed by atoms with Crippen molar-refractivity contribution in [2.45, 2.75) is 24.9 Å². The average molecular weight is 298 g/mol. The second-order valence-corrected chi connectivity index (χ2v) is 4.74. The Hall–Kier alpha value is -2.00. The molecule has 1 aromatic rings. The van der Waals surface area contributed by atoms with E-state index in [2.05, 4.69) is 5.92 Å². The number of hydrogen-bond acceptors (Lipinski definition) is 2. The average Bonchev–Trinajstić information content (AvgIpc) is 2.45. The summed E-state index contributed by atoms with van der Waals surface area (Å²) in [5, 5.41) is 8.45. The fraction of sp³-hybridized carbons (Fsp3) is 0.400. The first-order valence-corrected chi connectivity index (χ1v) is 6.42. The Morgan fingerprint density at radius 2 is 1.95 bits per heavy atom. The van der Waals surface area contributed by atoms with Crippen molar-refractivity contribution in [2.75, 3.05) is 13.2 Å². The Labute approximate surface area is 119 Å². The third kappa shape index (κ3) is 3.99. The van der Waals surface area contributed by atoms with Crippen molar-refractivity contribution in [3.63, 3.8) is 0 Å². The van der Waals surface area contributed by atoms with Gasteiger partial charge in [-0.1, -0.05) is 12.0 Å². The summed E-state index contributed by atoms with van der Waals surface area (Å²) in [6.45, 7) is 0.894. The summed E-state index contributed by atoms with van der Waals surface area (Å²) < 4.78 is 44.7. The molecule has 3 nitrogen and oxygen atoms in total. The molecule has 1 heterocycles. The lowest BCUT2D eigenvalue weighted by Crippen LogP contribution is -2.18. The molecule has 0 atom stereocenters. The monoisotopic (exact) mass is 298 g/mol. The van der Waals surface area contributed by atoms with Crippen LogP contribution >= 0.6 is 0 Å². The molecule has 1 aromatic carbocycles. The lowest BCUT2D eigenvalue weighted by molar-refractivity contribution is -0.138. The number of rotatable bonds is 1. The van der Waals surface area contributed by atoms with Gasteiger partial charge in [0.1, 0.15) is 0 Å². The molecule has 2 rings (SSSR count). The van der Waals surface area contributed by atoms with Gasteiger partial charge >= 0.3 is 12.1 Å². The predicted molar refractivity (Wildman–Crippen MR) is 68.8 cm³/mol. The zero-order valence-corrected chi connectivity index (χ0v) is 11.0. The molecular weight excluding hydrogens is 285 g/mol. The molecule has 0 aromatic heterocycles. The molecule has 1 aliphatic rings. The number of benzene rings is 1. The molecule has 0 bridgehead atoms. The highest BCUT2D eigenvalue weighted by atomic mass is 19.4. The molecule has 6 heteroatoms. The van der Waals surface area contributed by atoms with E-state index in [1.165, 1.54) is 12.1 Å². The molecule has 1 saturated heterocycles. The molecular formula is C15H13F3O3. The first-order valence-electron chi connectivity index (χ1n) is 6.42. The van der Waals surface area contributed by atoms with Gasteiger partial charge in [0.25, 0.3) is 0 Å². The normalized spacial score (nSPS) is 16.1. The van der Waals surface area contributed by atoms with Gasteiger partial charge in [0.15, 0.2) is 0 Å². The first-order chi connectivity index (χ1) is 9.88. The maximum Gasteiger partial charge on any atom is 0.416 e. The van der Waals surface area contributed by atoms with E-state index in [1.807, 2.05) is 5.92 Å². The summed E-state index contributed by atoms with van der Waals surface area (Å²) in [5.74, 6) is 2.46. The van der Waals surface area contributed by atoms with Crippen LogP contribution in [0.3, 0.4) is 0 Å². The van der Waals surface area contributed by atoms with Crippen molar-refractivity contribution in [1.29, 1.82) is 0 Å². The molecule has 0 spiro atoms. The van der Waals surface area contributed by atoms with Crippen molar-refractivity contribution < 1.29 is 27.8 Å². The van der Waals surface area contributed by atoms with Crippen LogP contribution in [-0.4, -0.2) is 24.3 Å². The molecule has 1 fully saturated rings. The van der Waals surface area contributed by atoms with Crippen LogP contribution in [0.15, 0.2) is 18.2 Å². The van der Waals surface area contributed by atoms with Crippen LogP contribution in [0, 0.1) is 11.8 Å². The van der Waals surface area contributed by atoms with E-state index in [-0.39, 0.29) is 17.0 Å². The first kappa shape index (κ1) is 15.4. The van der Waals surface area contributed by atoms with E-state index in [9.17, 15) is 18.0 Å². The third-order valence-corrected chi connectivity index (χ3v) is 3.33. The summed E-state index contributed by atoms with van der Waals surface area (Å²) in [6.07, 6.45) is -3.40. The zero-order chi connectivity index (χ0) is 15.5. The van der Waals surface area contributed by atoms with E-state index in [0.717, 1.165) is 6.07 Å². The van der Waals surface area contributed by atoms with Crippen molar-refractivity contribution in [3.05, 3.63) is 34.9 Å². The van der Waals surface area contributed by atoms with Crippen LogP contribution < -0.4 is 0 Å². The summed E-state index contributed by atoms with van der Waals surface area (Å²) in [6, 6.07) is 3.74. The van der Waals surface area contributed by atoms with Crippen LogP contribution in [0.2, 0.25) is 0 Å². The standard InChI is InChI=1S/C15H13F3O3/c16-15(17,18)13-9-10(2-4-14(19)20)1-3-12(13)11-5-7-21-8-6-11/h1,3,9,11H,5-8H2,(H,19,20). The van der Waals surface area contributed by atoms with Gasteiger partial charge in [0.2, 0.25) is 0 Å². The number of ether oxygens (including phenoxy) is 1. The smallest absolute Gasteiger partial charge is 0.416 e. The number of carbonyl (C=O) groups is 1. The molecule has 0 aliphatic carbocycles. The van der Waals surface area contributed by atoms with Gasteiger partial charge in [-0.15, -0.1) is 0 Å². The summed E-state index contributed by atoms with van der Waals surface area (Å²) in [7, 11) is 0. The minimum Gasteiger partial charge on any atom is -0.472 e. The van der Waals surface area contributed by atoms with Crippen LogP contribution in [0.5, 0.6) is 0 Å². The Kier molecular flexibility index (Phi) is 4.53. The van der Waals surface area contributed by atoms with E-state index < -0.39 is 17.7 Å². The van der Waals surface area contributed by atoms with Gasteiger partial charge < -0.3 is 9.84 Å². The highest BCUT2D eigenvalue weighted by molar-refractivity contribution is 5.87. The van der Waals surface area contributed by atoms with Crippen LogP contribution in [0.4, 0.5) is 13.2 Å². The maximum atomic E-state index is 13.2. The fourth-order valence-corrected chi connectivity index (χ4v) is 2.37. The molecule has 21 heavy (non-hydrogen) atoms. The molecule has 1 N–H and O–H groups in total. The van der Waals surface area contributed by atoms with Crippen LogP contribution in [-0.2, 0) is 15.7 Å². The van der Waals surface area contributed by atoms with Gasteiger partial charge in [-0.05, 0) is 36.5 Å². The predicted octanol–water partition coefficient (Wildman–Crippen LogP) is 3.04. The molecule has 0 amide bonds. The number of hydrogen-bond donors (Lipinski definition) is 1. The SMILES string of the molecule is O=C(O)C#Cc1ccc(C2CCOCC2)c(C(F)(F)F)c1. The molecule has 0 saturated carbocycles. The van der Waals surface area contributed by atoms with Crippen molar-refractivity contribution in [1.82, 2.24) is 0 Å². The summed E-state index contributed by atoms with van der Waals surface area (Å²) in [5.41, 5.74) is -0.473. The largest absolute Gasteiger partial charge is 0.472 e. The Bertz CT molecular complexity index is 590. The second-order valence-electron chi connectivity index (χ2n) is 4.74. The summed E-state index contributed by atoms with van der Waals surface area (Å²) in [4.78, 5) is 10.4. The van der Waals surface area contributed by atoms with E-state index in [4.69, 9.17) is 9.84 Å². The van der Waals surface area contributed by atoms with Crippen molar-refractivity contribution in [2.24, 2.45) is 0 Å². The topological polar surface area (TPSA) is 46.5 Å². The van der Waals surface area contributed by atoms with Gasteiger partial charge in [0.05, 0.1) is 5.56 Å². The Morgan fingerprint density at radius 1 is 1.29 bits per heavy atom. The number of aliphatic carboxylic acids is 1. The van der Waals surface area contributed by atoms with Crippen molar-refractivity contribution in [3.8, 4) is 11.8 Å². The van der Waals surface area contributed by atoms with Crippen LogP contribution in [0.25, 0.3) is 0 Å². The van der Waals surface area contributed by atoms with Crippen molar-refractivity contribution >= 4 is 5.97 Å². The second kappa shape index (κ2) is 6.19. The number of carboxylic acids is 1. The minimum atomic E-state index is -4.49. The van der Waals surface area contributed by atoms with Gasteiger partial charge in [-0.3, -0.25) is 0 Å². The minimum absolute atomic E-state index is 0.0422. The van der Waals surface area contributed by atoms with E-state index in [0.29, 0.717) is 26.1 Å². The fourth-order valence-electron chi connectivity index (χ4n) is 2.37. The third-order valence-electron chi connectivity index (χ3n) is 3.33. The number of halogens is 3. The highest BCUT2D eigenvalue weighted by Gasteiger charge is 2.35. The molecule has 112 valence electrons. The lowest BCUT2D eigenvalue weighted by atomic mass is 9.87. The molecule has 1 aliphatic heterocycles. The summed E-state index contributed by atoms with van der Waals surface area (Å²) >= 11 is 0. The Balaban J connectivity index is 2.41. The molecule has 0 unspecified atom stereocenters. The van der Waals surface area contributed by atoms with E-state index >= 15 is 0 Å². The number of alkyl halides is 3. The lowest BCUT2D eigenvalue weighted by Gasteiger charge is -2.25. The quantitative estimate of drug-likeness (QED) is 0.811. The van der Waals surface area contributed by atoms with E-state index in [1.54, 1.807) is 0 Å². The van der Waals surface area contributed by atoms with Gasteiger partial charge in [0, 0.05) is 24.7 Å². The van der Waals surface area contributed by atoms with Crippen LogP contribution in [0.1, 0.15) is 35.4 Å². The maximum absolute atomic E-state index is 13.2. The molecule has 0 radical (unpaired) electrons. The zero-order valence-electron chi connectivity index (χ0n) is 11.0.